The van der Waals surface area contributed by atoms with Gasteiger partial charge in [-0.25, -0.2) is 0 Å². The van der Waals surface area contributed by atoms with E-state index in [1.807, 2.05) is 36.4 Å². The summed E-state index contributed by atoms with van der Waals surface area (Å²) in [6.45, 7) is 6.92. The molecule has 0 unspecified atom stereocenters. The maximum absolute atomic E-state index is 12.0. The molecule has 0 aromatic heterocycles. The van der Waals surface area contributed by atoms with Crippen LogP contribution in [0, 0.1) is 0 Å². The van der Waals surface area contributed by atoms with Crippen LogP contribution in [0.1, 0.15) is 5.56 Å². The first kappa shape index (κ1) is 14.4. The van der Waals surface area contributed by atoms with Gasteiger partial charge in [0.2, 0.25) is 0 Å². The van der Waals surface area contributed by atoms with Gasteiger partial charge in [0.15, 0.2) is 0 Å². The molecular formula is C14H20OSeSi. The van der Waals surface area contributed by atoms with Gasteiger partial charge in [0.25, 0.3) is 0 Å². The van der Waals surface area contributed by atoms with Crippen LogP contribution in [-0.2, 0) is 11.2 Å². The first-order valence-electron chi connectivity index (χ1n) is 5.76. The van der Waals surface area contributed by atoms with E-state index in [0.717, 1.165) is 5.56 Å². The van der Waals surface area contributed by atoms with Crippen molar-refractivity contribution in [2.45, 2.75) is 31.9 Å². The Morgan fingerprint density at radius 3 is 2.29 bits per heavy atom. The van der Waals surface area contributed by atoms with E-state index in [2.05, 4.69) is 25.5 Å². The standard InChI is InChI=1S/C14H20OSeSi/c1-16-14(17(2,3)4)11-13(15)10-12-8-6-5-7-9-12/h5-9,11H,10H2,1-4H3/b14-11-. The second-order valence-electron chi connectivity index (χ2n) is 5.09. The van der Waals surface area contributed by atoms with Gasteiger partial charge >= 0.3 is 112 Å². The van der Waals surface area contributed by atoms with Crippen LogP contribution in [0.3, 0.4) is 0 Å². The number of hydrogen-bond donors (Lipinski definition) is 0. The molecule has 0 N–H and O–H groups in total. The zero-order valence-electron chi connectivity index (χ0n) is 11.0. The van der Waals surface area contributed by atoms with Crippen molar-refractivity contribution in [1.29, 1.82) is 0 Å². The summed E-state index contributed by atoms with van der Waals surface area (Å²) in [6, 6.07) is 9.96. The molecule has 1 nitrogen and oxygen atoms in total. The van der Waals surface area contributed by atoms with Crippen LogP contribution in [0.2, 0.25) is 25.5 Å². The fourth-order valence-electron chi connectivity index (χ4n) is 1.58. The number of benzene rings is 1. The molecule has 1 aromatic rings. The van der Waals surface area contributed by atoms with Crippen LogP contribution in [0.4, 0.5) is 0 Å². The van der Waals surface area contributed by atoms with Gasteiger partial charge in [-0.15, -0.1) is 0 Å². The Balaban J connectivity index is 2.75. The monoisotopic (exact) mass is 312 g/mol. The van der Waals surface area contributed by atoms with Crippen molar-refractivity contribution < 1.29 is 4.79 Å². The molecule has 0 aliphatic rings. The first-order chi connectivity index (χ1) is 7.93. The summed E-state index contributed by atoms with van der Waals surface area (Å²) in [5, 5.41) is 0. The van der Waals surface area contributed by atoms with Gasteiger partial charge in [-0.05, 0) is 0 Å². The zero-order chi connectivity index (χ0) is 12.9. The predicted octanol–water partition coefficient (Wildman–Crippen LogP) is 3.31. The van der Waals surface area contributed by atoms with E-state index in [-0.39, 0.29) is 5.78 Å². The Hall–Kier alpha value is -0.634. The Bertz CT molecular complexity index is 404. The van der Waals surface area contributed by atoms with Crippen LogP contribution in [-0.4, -0.2) is 28.8 Å². The van der Waals surface area contributed by atoms with E-state index < -0.39 is 8.07 Å². The maximum atomic E-state index is 12.0. The fourth-order valence-corrected chi connectivity index (χ4v) is 7.16. The van der Waals surface area contributed by atoms with Gasteiger partial charge in [-0.2, -0.15) is 0 Å². The van der Waals surface area contributed by atoms with Crippen LogP contribution in [0.15, 0.2) is 40.5 Å². The molecule has 0 amide bonds. The summed E-state index contributed by atoms with van der Waals surface area (Å²) >= 11 is 0.455. The second-order valence-corrected chi connectivity index (χ2v) is 12.7. The third-order valence-electron chi connectivity index (χ3n) is 2.47. The molecule has 0 spiro atoms. The van der Waals surface area contributed by atoms with Gasteiger partial charge in [0.05, 0.1) is 0 Å². The molecule has 0 bridgehead atoms. The zero-order valence-corrected chi connectivity index (χ0v) is 13.7. The average molecular weight is 311 g/mol. The van der Waals surface area contributed by atoms with Crippen molar-refractivity contribution in [1.82, 2.24) is 0 Å². The molecule has 0 aliphatic carbocycles. The molecule has 0 heterocycles. The Labute approximate surface area is 111 Å². The third kappa shape index (κ3) is 5.03. The summed E-state index contributed by atoms with van der Waals surface area (Å²) in [6.07, 6.45) is 2.45. The van der Waals surface area contributed by atoms with Crippen molar-refractivity contribution in [2.75, 3.05) is 0 Å². The van der Waals surface area contributed by atoms with Crippen molar-refractivity contribution >= 4 is 28.8 Å². The summed E-state index contributed by atoms with van der Waals surface area (Å²) in [4.78, 5) is 12.0. The van der Waals surface area contributed by atoms with Gasteiger partial charge in [0, 0.05) is 0 Å². The summed E-state index contributed by atoms with van der Waals surface area (Å²) in [5.41, 5.74) is 1.10. The van der Waals surface area contributed by atoms with Crippen LogP contribution < -0.4 is 0 Å². The topological polar surface area (TPSA) is 17.1 Å². The normalized spacial score (nSPS) is 12.6. The van der Waals surface area contributed by atoms with Crippen molar-refractivity contribution in [3.05, 3.63) is 46.1 Å². The number of allylic oxidation sites excluding steroid dienone is 1. The molecule has 0 atom stereocenters. The molecule has 0 saturated carbocycles. The van der Waals surface area contributed by atoms with Crippen LogP contribution in [0.5, 0.6) is 0 Å². The third-order valence-corrected chi connectivity index (χ3v) is 10.2. The number of carbonyl (C=O) groups is 1. The fraction of sp³-hybridized carbons (Fsp3) is 0.357. The van der Waals surface area contributed by atoms with E-state index in [4.69, 9.17) is 0 Å². The quantitative estimate of drug-likeness (QED) is 0.602. The molecule has 17 heavy (non-hydrogen) atoms. The Morgan fingerprint density at radius 2 is 1.82 bits per heavy atom. The predicted molar refractivity (Wildman–Crippen MR) is 78.2 cm³/mol. The number of hydrogen-bond acceptors (Lipinski definition) is 1. The number of ketones is 1. The second kappa shape index (κ2) is 6.34. The van der Waals surface area contributed by atoms with Gasteiger partial charge in [-0.1, -0.05) is 0 Å². The van der Waals surface area contributed by atoms with Gasteiger partial charge in [-0.3, -0.25) is 0 Å². The first-order valence-corrected chi connectivity index (χ1v) is 11.8. The molecule has 3 heteroatoms. The van der Waals surface area contributed by atoms with Gasteiger partial charge < -0.3 is 0 Å². The summed E-state index contributed by atoms with van der Waals surface area (Å²) in [5.74, 6) is 2.45. The van der Waals surface area contributed by atoms with Crippen molar-refractivity contribution in [3.8, 4) is 0 Å². The SMILES string of the molecule is C[Se]/C(=C/C(=O)Cc1ccccc1)[Si](C)(C)C. The van der Waals surface area contributed by atoms with Crippen molar-refractivity contribution in [3.63, 3.8) is 0 Å². The number of rotatable bonds is 5. The van der Waals surface area contributed by atoms with Crippen LogP contribution >= 0.6 is 0 Å². The minimum atomic E-state index is -1.30. The van der Waals surface area contributed by atoms with Gasteiger partial charge in [0.1, 0.15) is 0 Å². The Kier molecular flexibility index (Phi) is 5.38. The average Bonchev–Trinajstić information content (AvgIpc) is 2.25. The summed E-state index contributed by atoms with van der Waals surface area (Å²) < 4.78 is 1.42. The molecule has 0 radical (unpaired) electrons. The van der Waals surface area contributed by atoms with E-state index in [1.165, 1.54) is 4.09 Å². The van der Waals surface area contributed by atoms with E-state index in [9.17, 15) is 4.79 Å². The van der Waals surface area contributed by atoms with E-state index >= 15 is 0 Å². The summed E-state index contributed by atoms with van der Waals surface area (Å²) in [7, 11) is -1.30. The molecular weight excluding hydrogens is 291 g/mol. The molecule has 92 valence electrons. The Morgan fingerprint density at radius 1 is 1.24 bits per heavy atom. The molecule has 0 fully saturated rings. The van der Waals surface area contributed by atoms with Crippen molar-refractivity contribution in [2.24, 2.45) is 0 Å². The minimum absolute atomic E-state index is 0.248. The molecule has 0 aliphatic heterocycles. The van der Waals surface area contributed by atoms with E-state index in [1.54, 1.807) is 0 Å². The molecule has 1 rings (SSSR count). The number of carbonyl (C=O) groups excluding carboxylic acids is 1. The molecule has 0 saturated heterocycles. The molecule has 1 aromatic carbocycles. The van der Waals surface area contributed by atoms with E-state index in [0.29, 0.717) is 21.4 Å². The van der Waals surface area contributed by atoms with Crippen LogP contribution in [0.25, 0.3) is 0 Å².